The molecular formula is C20H22N4O3. The molecule has 0 bridgehead atoms. The Labute approximate surface area is 157 Å². The van der Waals surface area contributed by atoms with Crippen molar-refractivity contribution >= 4 is 5.91 Å². The Morgan fingerprint density at radius 2 is 2.04 bits per heavy atom. The van der Waals surface area contributed by atoms with Gasteiger partial charge >= 0.3 is 0 Å². The van der Waals surface area contributed by atoms with Crippen LogP contribution in [0.5, 0.6) is 0 Å². The molecule has 0 aliphatic carbocycles. The Hall–Kier alpha value is -2.93. The van der Waals surface area contributed by atoms with Gasteiger partial charge in [-0.25, -0.2) is 4.98 Å². The van der Waals surface area contributed by atoms with Gasteiger partial charge in [-0.1, -0.05) is 18.2 Å². The standard InChI is InChI=1S/C20H22N4O3/c1-13-16(21-20(27-13)14-6-4-3-5-7-14)10-19(26)24-9-8-18-15(11-24)17(12-25)22-23(18)2/h3-7,25H,8-12H2,1-2H3. The maximum atomic E-state index is 12.8. The van der Waals surface area contributed by atoms with Crippen molar-refractivity contribution in [1.29, 1.82) is 0 Å². The third-order valence-electron chi connectivity index (χ3n) is 5.06. The van der Waals surface area contributed by atoms with Crippen molar-refractivity contribution in [2.75, 3.05) is 6.54 Å². The molecule has 1 amide bonds. The second-order valence-corrected chi connectivity index (χ2v) is 6.78. The summed E-state index contributed by atoms with van der Waals surface area (Å²) in [4.78, 5) is 19.2. The number of aliphatic hydroxyl groups excluding tert-OH is 1. The maximum Gasteiger partial charge on any atom is 0.229 e. The summed E-state index contributed by atoms with van der Waals surface area (Å²) in [5, 5.41) is 13.9. The fourth-order valence-electron chi connectivity index (χ4n) is 3.56. The van der Waals surface area contributed by atoms with Gasteiger partial charge in [-0.05, 0) is 19.1 Å². The molecule has 140 valence electrons. The molecule has 1 N–H and O–H groups in total. The van der Waals surface area contributed by atoms with E-state index in [1.165, 1.54) is 0 Å². The molecular weight excluding hydrogens is 344 g/mol. The maximum absolute atomic E-state index is 12.8. The molecule has 27 heavy (non-hydrogen) atoms. The molecule has 0 spiro atoms. The van der Waals surface area contributed by atoms with Gasteiger partial charge in [0.2, 0.25) is 11.8 Å². The van der Waals surface area contributed by atoms with E-state index in [2.05, 4.69) is 10.1 Å². The van der Waals surface area contributed by atoms with Crippen LogP contribution in [0.4, 0.5) is 0 Å². The highest BCUT2D eigenvalue weighted by molar-refractivity contribution is 5.79. The highest BCUT2D eigenvalue weighted by atomic mass is 16.4. The summed E-state index contributed by atoms with van der Waals surface area (Å²) < 4.78 is 7.56. The zero-order chi connectivity index (χ0) is 19.0. The first-order valence-corrected chi connectivity index (χ1v) is 9.00. The van der Waals surface area contributed by atoms with Crippen LogP contribution < -0.4 is 0 Å². The van der Waals surface area contributed by atoms with Crippen LogP contribution in [0.3, 0.4) is 0 Å². The van der Waals surface area contributed by atoms with Crippen LogP contribution in [-0.2, 0) is 37.8 Å². The van der Waals surface area contributed by atoms with Gasteiger partial charge in [0.1, 0.15) is 5.76 Å². The van der Waals surface area contributed by atoms with Crippen LogP contribution in [-0.4, -0.2) is 37.2 Å². The molecule has 1 aliphatic rings. The first-order chi connectivity index (χ1) is 13.1. The molecule has 0 atom stereocenters. The topological polar surface area (TPSA) is 84.4 Å². The molecule has 7 nitrogen and oxygen atoms in total. The lowest BCUT2D eigenvalue weighted by Crippen LogP contribution is -2.37. The van der Waals surface area contributed by atoms with Gasteiger partial charge in [-0.3, -0.25) is 9.48 Å². The van der Waals surface area contributed by atoms with Crippen LogP contribution in [0.2, 0.25) is 0 Å². The SMILES string of the molecule is Cc1oc(-c2ccccc2)nc1CC(=O)N1CCc2c(c(CO)nn2C)C1. The van der Waals surface area contributed by atoms with Gasteiger partial charge < -0.3 is 14.4 Å². The number of hydrogen-bond donors (Lipinski definition) is 1. The van der Waals surface area contributed by atoms with Crippen LogP contribution in [0.15, 0.2) is 34.7 Å². The number of nitrogens with zero attached hydrogens (tertiary/aromatic N) is 4. The number of benzene rings is 1. The highest BCUT2D eigenvalue weighted by Gasteiger charge is 2.27. The summed E-state index contributed by atoms with van der Waals surface area (Å²) >= 11 is 0. The number of aromatic nitrogens is 3. The third kappa shape index (κ3) is 3.26. The summed E-state index contributed by atoms with van der Waals surface area (Å²) in [6, 6.07) is 9.66. The smallest absolute Gasteiger partial charge is 0.229 e. The van der Waals surface area contributed by atoms with Crippen molar-refractivity contribution in [1.82, 2.24) is 19.7 Å². The average Bonchev–Trinajstić information content (AvgIpc) is 3.22. The van der Waals surface area contributed by atoms with E-state index in [-0.39, 0.29) is 18.9 Å². The molecule has 3 heterocycles. The molecule has 0 saturated heterocycles. The summed E-state index contributed by atoms with van der Waals surface area (Å²) in [5.41, 5.74) is 4.26. The first-order valence-electron chi connectivity index (χ1n) is 9.00. The second-order valence-electron chi connectivity index (χ2n) is 6.78. The fraction of sp³-hybridized carbons (Fsp3) is 0.350. The normalized spacial score (nSPS) is 13.7. The molecule has 4 rings (SSSR count). The number of amides is 1. The fourth-order valence-corrected chi connectivity index (χ4v) is 3.56. The Bertz CT molecular complexity index is 975. The second kappa shape index (κ2) is 7.00. The minimum atomic E-state index is -0.117. The van der Waals surface area contributed by atoms with E-state index in [1.54, 1.807) is 9.58 Å². The number of aryl methyl sites for hydroxylation is 2. The van der Waals surface area contributed by atoms with Crippen LogP contribution >= 0.6 is 0 Å². The number of hydrogen-bond acceptors (Lipinski definition) is 5. The Balaban J connectivity index is 1.51. The molecule has 0 saturated carbocycles. The van der Waals surface area contributed by atoms with Crippen molar-refractivity contribution in [2.45, 2.75) is 32.9 Å². The predicted molar refractivity (Wildman–Crippen MR) is 98.6 cm³/mol. The number of carbonyl (C=O) groups excluding carboxylic acids is 1. The summed E-state index contributed by atoms with van der Waals surface area (Å²) in [6.45, 7) is 2.83. The van der Waals surface area contributed by atoms with Crippen LogP contribution in [0.25, 0.3) is 11.5 Å². The summed E-state index contributed by atoms with van der Waals surface area (Å²) in [5.74, 6) is 1.20. The quantitative estimate of drug-likeness (QED) is 0.763. The van der Waals surface area contributed by atoms with Crippen molar-refractivity contribution in [3.05, 3.63) is 58.7 Å². The van der Waals surface area contributed by atoms with Gasteiger partial charge in [0.25, 0.3) is 0 Å². The van der Waals surface area contributed by atoms with Crippen LogP contribution in [0, 0.1) is 6.92 Å². The Morgan fingerprint density at radius 1 is 1.26 bits per heavy atom. The minimum Gasteiger partial charge on any atom is -0.441 e. The van der Waals surface area contributed by atoms with E-state index in [0.29, 0.717) is 36.1 Å². The Morgan fingerprint density at radius 3 is 2.78 bits per heavy atom. The molecule has 3 aromatic rings. The van der Waals surface area contributed by atoms with Gasteiger partial charge in [0, 0.05) is 43.4 Å². The number of rotatable bonds is 4. The highest BCUT2D eigenvalue weighted by Crippen LogP contribution is 2.25. The molecule has 0 radical (unpaired) electrons. The van der Waals surface area contributed by atoms with E-state index >= 15 is 0 Å². The molecule has 2 aromatic heterocycles. The lowest BCUT2D eigenvalue weighted by molar-refractivity contribution is -0.131. The zero-order valence-corrected chi connectivity index (χ0v) is 15.5. The van der Waals surface area contributed by atoms with Gasteiger partial charge in [0.05, 0.1) is 24.4 Å². The zero-order valence-electron chi connectivity index (χ0n) is 15.5. The van der Waals surface area contributed by atoms with E-state index in [4.69, 9.17) is 4.42 Å². The molecule has 0 unspecified atom stereocenters. The number of oxazole rings is 1. The lowest BCUT2D eigenvalue weighted by atomic mass is 10.0. The minimum absolute atomic E-state index is 0.00408. The van der Waals surface area contributed by atoms with Crippen molar-refractivity contribution in [3.63, 3.8) is 0 Å². The van der Waals surface area contributed by atoms with E-state index in [9.17, 15) is 9.90 Å². The number of carbonyl (C=O) groups is 1. The largest absolute Gasteiger partial charge is 0.441 e. The van der Waals surface area contributed by atoms with E-state index < -0.39 is 0 Å². The molecule has 1 aliphatic heterocycles. The third-order valence-corrected chi connectivity index (χ3v) is 5.06. The summed E-state index contributed by atoms with van der Waals surface area (Å²) in [6.07, 6.45) is 0.934. The monoisotopic (exact) mass is 366 g/mol. The molecule has 0 fully saturated rings. The van der Waals surface area contributed by atoms with Crippen molar-refractivity contribution < 1.29 is 14.3 Å². The predicted octanol–water partition coefficient (Wildman–Crippen LogP) is 2.00. The molecule has 1 aromatic carbocycles. The van der Waals surface area contributed by atoms with Crippen molar-refractivity contribution in [2.24, 2.45) is 7.05 Å². The Kier molecular flexibility index (Phi) is 4.53. The average molecular weight is 366 g/mol. The first kappa shape index (κ1) is 17.5. The number of fused-ring (bicyclic) bond motifs is 1. The number of aliphatic hydroxyl groups is 1. The lowest BCUT2D eigenvalue weighted by Gasteiger charge is -2.27. The van der Waals surface area contributed by atoms with Crippen molar-refractivity contribution in [3.8, 4) is 11.5 Å². The van der Waals surface area contributed by atoms with Gasteiger partial charge in [-0.15, -0.1) is 0 Å². The summed E-state index contributed by atoms with van der Waals surface area (Å²) in [7, 11) is 1.87. The van der Waals surface area contributed by atoms with Gasteiger partial charge in [-0.2, -0.15) is 5.10 Å². The molecule has 7 heteroatoms. The van der Waals surface area contributed by atoms with E-state index in [0.717, 1.165) is 23.2 Å². The van der Waals surface area contributed by atoms with Crippen LogP contribution in [0.1, 0.15) is 28.4 Å². The van der Waals surface area contributed by atoms with Gasteiger partial charge in [0.15, 0.2) is 0 Å². The van der Waals surface area contributed by atoms with E-state index in [1.807, 2.05) is 44.3 Å².